The Hall–Kier alpha value is -2.22. The molecule has 0 saturated heterocycles. The predicted molar refractivity (Wildman–Crippen MR) is 87.4 cm³/mol. The van der Waals surface area contributed by atoms with Crippen LogP contribution in [0, 0.1) is 0 Å². The third kappa shape index (κ3) is 4.99. The van der Waals surface area contributed by atoms with Crippen molar-refractivity contribution in [2.24, 2.45) is 0 Å². The molecule has 0 unspecified atom stereocenters. The lowest BCUT2D eigenvalue weighted by Crippen LogP contribution is -1.94. The molecule has 0 atom stereocenters. The summed E-state index contributed by atoms with van der Waals surface area (Å²) in [6, 6.07) is 18.4. The summed E-state index contributed by atoms with van der Waals surface area (Å²) in [6.07, 6.45) is 2.76. The zero-order chi connectivity index (χ0) is 14.9. The Morgan fingerprint density at radius 3 is 2.38 bits per heavy atom. The fourth-order valence-corrected chi connectivity index (χ4v) is 2.05. The van der Waals surface area contributed by atoms with Crippen LogP contribution in [0.2, 0.25) is 0 Å². The molecule has 21 heavy (non-hydrogen) atoms. The summed E-state index contributed by atoms with van der Waals surface area (Å²) in [4.78, 5) is 0. The van der Waals surface area contributed by atoms with Crippen molar-refractivity contribution in [3.05, 3.63) is 72.0 Å². The second-order valence-electron chi connectivity index (χ2n) is 4.86. The van der Waals surface area contributed by atoms with Gasteiger partial charge in [-0.05, 0) is 42.7 Å². The minimum atomic E-state index is 0.691. The molecule has 0 aliphatic carbocycles. The van der Waals surface area contributed by atoms with Crippen LogP contribution >= 0.6 is 0 Å². The van der Waals surface area contributed by atoms with Gasteiger partial charge in [0.25, 0.3) is 0 Å². The van der Waals surface area contributed by atoms with Crippen LogP contribution in [0.1, 0.15) is 25.0 Å². The Kier molecular flexibility index (Phi) is 5.89. The monoisotopic (exact) mass is 282 g/mol. The SMILES string of the molecule is CCOc1ccc(C(C)=COCCc2ccccc2)cc1. The van der Waals surface area contributed by atoms with Crippen LogP contribution < -0.4 is 4.74 Å². The van der Waals surface area contributed by atoms with Gasteiger partial charge in [-0.1, -0.05) is 42.5 Å². The predicted octanol–water partition coefficient (Wildman–Crippen LogP) is 4.71. The molecule has 0 aliphatic heterocycles. The van der Waals surface area contributed by atoms with Crippen LogP contribution in [0.15, 0.2) is 60.9 Å². The Balaban J connectivity index is 1.83. The largest absolute Gasteiger partial charge is 0.501 e. The molecule has 2 aromatic carbocycles. The maximum absolute atomic E-state index is 5.64. The molecule has 110 valence electrons. The lowest BCUT2D eigenvalue weighted by molar-refractivity contribution is 0.255. The highest BCUT2D eigenvalue weighted by atomic mass is 16.5. The summed E-state index contributed by atoms with van der Waals surface area (Å²) in [5.41, 5.74) is 3.56. The molecule has 2 rings (SSSR count). The van der Waals surface area contributed by atoms with Gasteiger partial charge in [0.15, 0.2) is 0 Å². The molecule has 2 aromatic rings. The lowest BCUT2D eigenvalue weighted by atomic mass is 10.1. The van der Waals surface area contributed by atoms with Gasteiger partial charge < -0.3 is 9.47 Å². The van der Waals surface area contributed by atoms with Crippen molar-refractivity contribution in [2.45, 2.75) is 20.3 Å². The number of ether oxygens (including phenoxy) is 2. The topological polar surface area (TPSA) is 18.5 Å². The van der Waals surface area contributed by atoms with E-state index in [0.29, 0.717) is 13.2 Å². The van der Waals surface area contributed by atoms with Crippen LogP contribution in [0.4, 0.5) is 0 Å². The number of rotatable bonds is 7. The highest BCUT2D eigenvalue weighted by Crippen LogP contribution is 2.18. The van der Waals surface area contributed by atoms with Gasteiger partial charge in [0.2, 0.25) is 0 Å². The summed E-state index contributed by atoms with van der Waals surface area (Å²) in [7, 11) is 0. The highest BCUT2D eigenvalue weighted by Gasteiger charge is 1.98. The maximum atomic E-state index is 5.64. The fourth-order valence-electron chi connectivity index (χ4n) is 2.05. The van der Waals surface area contributed by atoms with Gasteiger partial charge in [-0.2, -0.15) is 0 Å². The standard InChI is InChI=1S/C19H22O2/c1-3-21-19-11-9-18(10-12-19)16(2)15-20-14-13-17-7-5-4-6-8-17/h4-12,15H,3,13-14H2,1-2H3. The normalized spacial score (nSPS) is 11.2. The lowest BCUT2D eigenvalue weighted by Gasteiger charge is -2.06. The summed E-state index contributed by atoms with van der Waals surface area (Å²) in [5, 5.41) is 0. The average Bonchev–Trinajstić information content (AvgIpc) is 2.53. The van der Waals surface area contributed by atoms with Crippen molar-refractivity contribution in [3.8, 4) is 5.75 Å². The third-order valence-electron chi connectivity index (χ3n) is 3.23. The summed E-state index contributed by atoms with van der Waals surface area (Å²) in [6.45, 7) is 5.42. The van der Waals surface area contributed by atoms with Gasteiger partial charge in [0.1, 0.15) is 5.75 Å². The van der Waals surface area contributed by atoms with Crippen LogP contribution in [0.3, 0.4) is 0 Å². The first-order valence-electron chi connectivity index (χ1n) is 7.35. The molecule has 2 heteroatoms. The van der Waals surface area contributed by atoms with Crippen molar-refractivity contribution in [1.82, 2.24) is 0 Å². The minimum Gasteiger partial charge on any atom is -0.501 e. The van der Waals surface area contributed by atoms with E-state index in [0.717, 1.165) is 23.3 Å². The Bertz CT molecular complexity index is 556. The van der Waals surface area contributed by atoms with E-state index in [1.807, 2.05) is 31.4 Å². The Morgan fingerprint density at radius 2 is 1.71 bits per heavy atom. The van der Waals surface area contributed by atoms with Crippen LogP contribution in [0.5, 0.6) is 5.75 Å². The van der Waals surface area contributed by atoms with Crippen molar-refractivity contribution in [3.63, 3.8) is 0 Å². The molecule has 0 radical (unpaired) electrons. The summed E-state index contributed by atoms with van der Waals surface area (Å²) >= 11 is 0. The molecule has 0 aliphatic rings. The van der Waals surface area contributed by atoms with E-state index < -0.39 is 0 Å². The van der Waals surface area contributed by atoms with E-state index in [9.17, 15) is 0 Å². The molecular formula is C19H22O2. The highest BCUT2D eigenvalue weighted by molar-refractivity contribution is 5.63. The van der Waals surface area contributed by atoms with Gasteiger partial charge in [-0.25, -0.2) is 0 Å². The van der Waals surface area contributed by atoms with Crippen molar-refractivity contribution < 1.29 is 9.47 Å². The molecule has 0 fully saturated rings. The molecule has 0 spiro atoms. The molecule has 0 N–H and O–H groups in total. The van der Waals surface area contributed by atoms with Crippen LogP contribution in [0.25, 0.3) is 5.57 Å². The Labute approximate surface area is 127 Å². The van der Waals surface area contributed by atoms with Crippen molar-refractivity contribution in [1.29, 1.82) is 0 Å². The quantitative estimate of drug-likeness (QED) is 0.541. The van der Waals surface area contributed by atoms with E-state index >= 15 is 0 Å². The zero-order valence-corrected chi connectivity index (χ0v) is 12.7. The molecule has 0 amide bonds. The molecule has 0 bridgehead atoms. The van der Waals surface area contributed by atoms with Gasteiger partial charge in [-0.3, -0.25) is 0 Å². The first-order chi connectivity index (χ1) is 10.3. The van der Waals surface area contributed by atoms with E-state index in [2.05, 4.69) is 43.3 Å². The molecular weight excluding hydrogens is 260 g/mol. The number of hydrogen-bond donors (Lipinski definition) is 0. The van der Waals surface area contributed by atoms with Gasteiger partial charge in [0.05, 0.1) is 19.5 Å². The fraction of sp³-hybridized carbons (Fsp3) is 0.263. The zero-order valence-electron chi connectivity index (χ0n) is 12.7. The van der Waals surface area contributed by atoms with Crippen LogP contribution in [-0.4, -0.2) is 13.2 Å². The van der Waals surface area contributed by atoms with Gasteiger partial charge >= 0.3 is 0 Å². The van der Waals surface area contributed by atoms with E-state index in [1.54, 1.807) is 0 Å². The minimum absolute atomic E-state index is 0.691. The molecule has 0 saturated carbocycles. The first-order valence-corrected chi connectivity index (χ1v) is 7.35. The molecule has 2 nitrogen and oxygen atoms in total. The van der Waals surface area contributed by atoms with E-state index in [-0.39, 0.29) is 0 Å². The average molecular weight is 282 g/mol. The van der Waals surface area contributed by atoms with E-state index in [1.165, 1.54) is 5.56 Å². The smallest absolute Gasteiger partial charge is 0.119 e. The van der Waals surface area contributed by atoms with Crippen molar-refractivity contribution >= 4 is 5.57 Å². The van der Waals surface area contributed by atoms with Crippen molar-refractivity contribution in [2.75, 3.05) is 13.2 Å². The van der Waals surface area contributed by atoms with Gasteiger partial charge in [-0.15, -0.1) is 0 Å². The third-order valence-corrected chi connectivity index (χ3v) is 3.23. The maximum Gasteiger partial charge on any atom is 0.119 e. The van der Waals surface area contributed by atoms with Crippen LogP contribution in [-0.2, 0) is 11.2 Å². The number of benzene rings is 2. The molecule has 0 heterocycles. The molecule has 0 aromatic heterocycles. The number of hydrogen-bond acceptors (Lipinski definition) is 2. The first kappa shape index (κ1) is 15.2. The summed E-state index contributed by atoms with van der Waals surface area (Å²) < 4.78 is 11.1. The van der Waals surface area contributed by atoms with Gasteiger partial charge in [0, 0.05) is 6.42 Å². The number of allylic oxidation sites excluding steroid dienone is 1. The second-order valence-corrected chi connectivity index (χ2v) is 4.86. The van der Waals surface area contributed by atoms with E-state index in [4.69, 9.17) is 9.47 Å². The Morgan fingerprint density at radius 1 is 1.00 bits per heavy atom. The second kappa shape index (κ2) is 8.15. The summed E-state index contributed by atoms with van der Waals surface area (Å²) in [5.74, 6) is 0.902.